The molecule has 0 bridgehead atoms. The molecule has 0 spiro atoms. The molecule has 1 aromatic rings. The Kier molecular flexibility index (Phi) is 4.79. The van der Waals surface area contributed by atoms with Gasteiger partial charge >= 0.3 is 0 Å². The smallest absolute Gasteiger partial charge is 0.0621 e. The van der Waals surface area contributed by atoms with E-state index in [2.05, 4.69) is 25.8 Å². The number of alkyl halides is 1. The first-order valence-electron chi connectivity index (χ1n) is 7.12. The van der Waals surface area contributed by atoms with Crippen LogP contribution in [0.4, 0.5) is 0 Å². The van der Waals surface area contributed by atoms with E-state index in [0.29, 0.717) is 11.3 Å². The molecular formula is C16H23Cl2N. The highest BCUT2D eigenvalue weighted by atomic mass is 35.5. The third-order valence-electron chi connectivity index (χ3n) is 4.54. The second-order valence-electron chi connectivity index (χ2n) is 6.67. The molecule has 106 valence electrons. The highest BCUT2D eigenvalue weighted by Gasteiger charge is 2.38. The van der Waals surface area contributed by atoms with Gasteiger partial charge in [-0.05, 0) is 48.1 Å². The van der Waals surface area contributed by atoms with Gasteiger partial charge < -0.3 is 0 Å². The van der Waals surface area contributed by atoms with Crippen LogP contribution < -0.4 is 0 Å². The molecule has 0 aromatic carbocycles. The van der Waals surface area contributed by atoms with Gasteiger partial charge in [-0.2, -0.15) is 0 Å². The molecule has 1 aliphatic carbocycles. The van der Waals surface area contributed by atoms with Crippen LogP contribution in [0, 0.1) is 17.3 Å². The molecule has 1 nitrogen and oxygen atoms in total. The fraction of sp³-hybridized carbons (Fsp3) is 0.688. The largest absolute Gasteiger partial charge is 0.263 e. The average molecular weight is 300 g/mol. The molecule has 2 rings (SSSR count). The predicted octanol–water partition coefficient (Wildman–Crippen LogP) is 5.35. The van der Waals surface area contributed by atoms with Gasteiger partial charge in [0.05, 0.1) is 5.02 Å². The fourth-order valence-electron chi connectivity index (χ4n) is 3.36. The standard InChI is InChI=1S/C16H23Cl2N/c1-11-4-5-13(14(17)8-11)16(2,3)9-12-6-7-19-10-15(12)18/h6-7,10-11,13-14H,4-5,8-9H2,1-3H3. The zero-order valence-corrected chi connectivity index (χ0v) is 13.5. The molecule has 0 saturated heterocycles. The monoisotopic (exact) mass is 299 g/mol. The molecule has 0 amide bonds. The maximum Gasteiger partial charge on any atom is 0.0621 e. The summed E-state index contributed by atoms with van der Waals surface area (Å²) in [6.07, 6.45) is 8.18. The minimum atomic E-state index is 0.178. The van der Waals surface area contributed by atoms with Crippen LogP contribution in [0.25, 0.3) is 0 Å². The molecule has 1 fully saturated rings. The Morgan fingerprint density at radius 3 is 2.74 bits per heavy atom. The van der Waals surface area contributed by atoms with Crippen LogP contribution in [0.5, 0.6) is 0 Å². The summed E-state index contributed by atoms with van der Waals surface area (Å²) in [4.78, 5) is 4.05. The van der Waals surface area contributed by atoms with Crippen LogP contribution in [-0.2, 0) is 6.42 Å². The molecule has 0 aliphatic heterocycles. The van der Waals surface area contributed by atoms with E-state index in [9.17, 15) is 0 Å². The van der Waals surface area contributed by atoms with Crippen LogP contribution in [0.3, 0.4) is 0 Å². The zero-order chi connectivity index (χ0) is 14.0. The van der Waals surface area contributed by atoms with Gasteiger partial charge in [-0.15, -0.1) is 11.6 Å². The highest BCUT2D eigenvalue weighted by Crippen LogP contribution is 2.44. The van der Waals surface area contributed by atoms with Gasteiger partial charge in [-0.25, -0.2) is 0 Å². The molecule has 3 atom stereocenters. The van der Waals surface area contributed by atoms with E-state index >= 15 is 0 Å². The van der Waals surface area contributed by atoms with Crippen molar-refractivity contribution < 1.29 is 0 Å². The van der Waals surface area contributed by atoms with Crippen molar-refractivity contribution in [2.24, 2.45) is 17.3 Å². The van der Waals surface area contributed by atoms with Crippen molar-refractivity contribution in [2.45, 2.75) is 51.8 Å². The molecule has 3 heteroatoms. The van der Waals surface area contributed by atoms with Crippen molar-refractivity contribution in [1.82, 2.24) is 4.98 Å². The number of aromatic nitrogens is 1. The Bertz CT molecular complexity index is 431. The molecule has 1 heterocycles. The average Bonchev–Trinajstić information content (AvgIpc) is 2.31. The van der Waals surface area contributed by atoms with Crippen LogP contribution in [0.15, 0.2) is 18.5 Å². The second kappa shape index (κ2) is 6.01. The van der Waals surface area contributed by atoms with Crippen LogP contribution in [-0.4, -0.2) is 10.4 Å². The third kappa shape index (κ3) is 3.64. The number of halogens is 2. The van der Waals surface area contributed by atoms with Crippen molar-refractivity contribution in [3.8, 4) is 0 Å². The summed E-state index contributed by atoms with van der Waals surface area (Å²) in [5, 5.41) is 1.06. The lowest BCUT2D eigenvalue weighted by molar-refractivity contribution is 0.142. The van der Waals surface area contributed by atoms with Crippen molar-refractivity contribution in [3.63, 3.8) is 0 Å². The van der Waals surface area contributed by atoms with Crippen molar-refractivity contribution >= 4 is 23.2 Å². The zero-order valence-electron chi connectivity index (χ0n) is 12.0. The normalized spacial score (nSPS) is 28.4. The van der Waals surface area contributed by atoms with Gasteiger partial charge in [-0.3, -0.25) is 4.98 Å². The quantitative estimate of drug-likeness (QED) is 0.686. The van der Waals surface area contributed by atoms with E-state index < -0.39 is 0 Å². The lowest BCUT2D eigenvalue weighted by atomic mass is 9.66. The molecule has 1 aromatic heterocycles. The minimum absolute atomic E-state index is 0.178. The first kappa shape index (κ1) is 15.1. The molecule has 1 aliphatic rings. The summed E-state index contributed by atoms with van der Waals surface area (Å²) in [5.41, 5.74) is 1.36. The first-order chi connectivity index (χ1) is 8.90. The Morgan fingerprint density at radius 2 is 2.11 bits per heavy atom. The Morgan fingerprint density at radius 1 is 1.37 bits per heavy atom. The maximum absolute atomic E-state index is 6.62. The number of hydrogen-bond donors (Lipinski definition) is 0. The highest BCUT2D eigenvalue weighted by molar-refractivity contribution is 6.31. The summed E-state index contributed by atoms with van der Waals surface area (Å²) in [5.74, 6) is 1.33. The van der Waals surface area contributed by atoms with Crippen molar-refractivity contribution in [3.05, 3.63) is 29.0 Å². The number of rotatable bonds is 3. The lowest BCUT2D eigenvalue weighted by Crippen LogP contribution is -2.37. The summed E-state index contributed by atoms with van der Waals surface area (Å²) in [6.45, 7) is 6.94. The predicted molar refractivity (Wildman–Crippen MR) is 82.9 cm³/mol. The Balaban J connectivity index is 2.12. The SMILES string of the molecule is CC1CCC(C(C)(C)Cc2ccncc2Cl)C(Cl)C1. The van der Waals surface area contributed by atoms with Gasteiger partial charge in [0.25, 0.3) is 0 Å². The van der Waals surface area contributed by atoms with E-state index in [1.165, 1.54) is 18.4 Å². The van der Waals surface area contributed by atoms with Crippen LogP contribution in [0.2, 0.25) is 5.02 Å². The topological polar surface area (TPSA) is 12.9 Å². The Labute approximate surface area is 126 Å². The fourth-order valence-corrected chi connectivity index (χ4v) is 4.32. The van der Waals surface area contributed by atoms with Crippen LogP contribution >= 0.6 is 23.2 Å². The van der Waals surface area contributed by atoms with Crippen molar-refractivity contribution in [2.75, 3.05) is 0 Å². The molecule has 0 radical (unpaired) electrons. The lowest BCUT2D eigenvalue weighted by Gasteiger charge is -2.42. The van der Waals surface area contributed by atoms with Crippen molar-refractivity contribution in [1.29, 1.82) is 0 Å². The molecule has 1 saturated carbocycles. The maximum atomic E-state index is 6.62. The van der Waals surface area contributed by atoms with E-state index in [1.54, 1.807) is 6.20 Å². The molecule has 3 unspecified atom stereocenters. The van der Waals surface area contributed by atoms with E-state index in [4.69, 9.17) is 23.2 Å². The van der Waals surface area contributed by atoms with Gasteiger partial charge in [0.15, 0.2) is 0 Å². The number of pyridine rings is 1. The summed E-state index contributed by atoms with van der Waals surface area (Å²) in [7, 11) is 0. The van der Waals surface area contributed by atoms with E-state index in [1.807, 2.05) is 12.3 Å². The van der Waals surface area contributed by atoms with Crippen LogP contribution in [0.1, 0.15) is 45.6 Å². The summed E-state index contributed by atoms with van der Waals surface area (Å²) < 4.78 is 0. The Hall–Kier alpha value is -0.270. The third-order valence-corrected chi connectivity index (χ3v) is 5.36. The van der Waals surface area contributed by atoms with E-state index in [0.717, 1.165) is 23.8 Å². The van der Waals surface area contributed by atoms with Gasteiger partial charge in [0.2, 0.25) is 0 Å². The second-order valence-corrected chi connectivity index (χ2v) is 7.64. The van der Waals surface area contributed by atoms with E-state index in [-0.39, 0.29) is 5.41 Å². The number of nitrogens with zero attached hydrogens (tertiary/aromatic N) is 1. The molecule has 0 N–H and O–H groups in total. The van der Waals surface area contributed by atoms with Gasteiger partial charge in [-0.1, -0.05) is 38.8 Å². The summed E-state index contributed by atoms with van der Waals surface area (Å²) in [6, 6.07) is 2.03. The molecule has 19 heavy (non-hydrogen) atoms. The first-order valence-corrected chi connectivity index (χ1v) is 7.94. The summed E-state index contributed by atoms with van der Waals surface area (Å²) >= 11 is 12.9. The minimum Gasteiger partial charge on any atom is -0.263 e. The van der Waals surface area contributed by atoms with Gasteiger partial charge in [0, 0.05) is 17.8 Å². The number of hydrogen-bond acceptors (Lipinski definition) is 1. The van der Waals surface area contributed by atoms with Gasteiger partial charge in [0.1, 0.15) is 0 Å². The molecular weight excluding hydrogens is 277 g/mol.